The minimum Gasteiger partial charge on any atom is -0.507 e. The molecule has 1 saturated heterocycles. The first-order valence-corrected chi connectivity index (χ1v) is 12.9. The summed E-state index contributed by atoms with van der Waals surface area (Å²) in [5.41, 5.74) is 3.35. The average Bonchev–Trinajstić information content (AvgIpc) is 3.14. The number of nitrogens with zero attached hydrogens (tertiary/aromatic N) is 1. The Morgan fingerprint density at radius 3 is 2.44 bits per heavy atom. The summed E-state index contributed by atoms with van der Waals surface area (Å²) in [5.74, 6) is -0.932. The lowest BCUT2D eigenvalue weighted by Gasteiger charge is -2.26. The van der Waals surface area contributed by atoms with E-state index in [-0.39, 0.29) is 34.8 Å². The normalized spacial score (nSPS) is 17.0. The van der Waals surface area contributed by atoms with Gasteiger partial charge in [0.2, 0.25) is 0 Å². The van der Waals surface area contributed by atoms with Gasteiger partial charge in [-0.2, -0.15) is 0 Å². The molecule has 0 aromatic heterocycles. The highest BCUT2D eigenvalue weighted by molar-refractivity contribution is 6.46. The zero-order valence-electron chi connectivity index (χ0n) is 23.2. The molecule has 0 aliphatic carbocycles. The van der Waals surface area contributed by atoms with Gasteiger partial charge in [-0.3, -0.25) is 9.59 Å². The van der Waals surface area contributed by atoms with Crippen molar-refractivity contribution in [2.24, 2.45) is 0 Å². The van der Waals surface area contributed by atoms with Crippen LogP contribution in [0, 0.1) is 6.92 Å². The molecule has 4 rings (SSSR count). The van der Waals surface area contributed by atoms with Crippen molar-refractivity contribution >= 4 is 17.4 Å². The molecule has 0 bridgehead atoms. The Morgan fingerprint density at radius 1 is 1.03 bits per heavy atom. The summed E-state index contributed by atoms with van der Waals surface area (Å²) < 4.78 is 10.9. The third-order valence-corrected chi connectivity index (χ3v) is 6.99. The molecular formula is C32H35NO6. The van der Waals surface area contributed by atoms with E-state index in [1.54, 1.807) is 38.3 Å². The number of hydrogen-bond acceptors (Lipinski definition) is 6. The number of carbonyl (C=O) groups is 2. The lowest BCUT2D eigenvalue weighted by atomic mass is 9.84. The molecule has 1 heterocycles. The van der Waals surface area contributed by atoms with Gasteiger partial charge in [0.15, 0.2) is 11.5 Å². The lowest BCUT2D eigenvalue weighted by Crippen LogP contribution is -2.29. The molecule has 1 aliphatic rings. The number of aliphatic hydroxyl groups excluding tert-OH is 1. The van der Waals surface area contributed by atoms with Crippen LogP contribution in [0.25, 0.3) is 5.76 Å². The van der Waals surface area contributed by atoms with Crippen molar-refractivity contribution in [3.63, 3.8) is 0 Å². The zero-order chi connectivity index (χ0) is 28.5. The smallest absolute Gasteiger partial charge is 0.295 e. The molecule has 1 aliphatic heterocycles. The molecule has 0 saturated carbocycles. The fourth-order valence-corrected chi connectivity index (χ4v) is 4.82. The van der Waals surface area contributed by atoms with Gasteiger partial charge in [-0.05, 0) is 71.8 Å². The Bertz CT molecular complexity index is 1450. The number of benzene rings is 3. The Labute approximate surface area is 229 Å². The number of aliphatic hydroxyl groups is 1. The van der Waals surface area contributed by atoms with Crippen LogP contribution in [0.4, 0.5) is 0 Å². The summed E-state index contributed by atoms with van der Waals surface area (Å²) in [6.45, 7) is 10.3. The second kappa shape index (κ2) is 10.8. The van der Waals surface area contributed by atoms with Gasteiger partial charge >= 0.3 is 0 Å². The van der Waals surface area contributed by atoms with Gasteiger partial charge < -0.3 is 24.6 Å². The van der Waals surface area contributed by atoms with Gasteiger partial charge in [-0.15, -0.1) is 0 Å². The Hall–Kier alpha value is -4.26. The highest BCUT2D eigenvalue weighted by atomic mass is 16.5. The first-order valence-electron chi connectivity index (χ1n) is 12.9. The van der Waals surface area contributed by atoms with Crippen molar-refractivity contribution in [3.8, 4) is 17.2 Å². The number of hydrogen-bond donors (Lipinski definition) is 2. The molecule has 3 aromatic rings. The van der Waals surface area contributed by atoms with Gasteiger partial charge in [0.25, 0.3) is 11.7 Å². The predicted octanol–water partition coefficient (Wildman–Crippen LogP) is 6.03. The number of carbonyl (C=O) groups excluding carboxylic acids is 2. The maximum Gasteiger partial charge on any atom is 0.295 e. The third-order valence-electron chi connectivity index (χ3n) is 6.99. The average molecular weight is 530 g/mol. The quantitative estimate of drug-likeness (QED) is 0.221. The number of phenolic OH excluding ortho intramolecular Hbond substituents is 1. The standard InChI is InChI=1S/C32H35NO6/c1-7-39-26-16-21(12-14-25(26)34)28-27(29(35)24-17-22(32(3,4)5)13-11-19(24)2)30(36)31(37)33(28)18-20-9-8-10-23(15-20)38-6/h8-17,28,34-35H,7,18H2,1-6H3/b29-27+. The SMILES string of the molecule is CCOc1cc(C2/C(=C(\O)c3cc(C(C)(C)C)ccc3C)C(=O)C(=O)N2Cc2cccc(OC)c2)ccc1O. The van der Waals surface area contributed by atoms with Crippen LogP contribution in [0.1, 0.15) is 61.6 Å². The number of phenols is 1. The maximum atomic E-state index is 13.6. The topological polar surface area (TPSA) is 96.3 Å². The van der Waals surface area contributed by atoms with E-state index in [0.29, 0.717) is 23.5 Å². The van der Waals surface area contributed by atoms with Crippen LogP contribution in [0.2, 0.25) is 0 Å². The second-order valence-corrected chi connectivity index (χ2v) is 10.7. The summed E-state index contributed by atoms with van der Waals surface area (Å²) in [5, 5.41) is 22.0. The maximum absolute atomic E-state index is 13.6. The van der Waals surface area contributed by atoms with Crippen molar-refractivity contribution in [2.45, 2.75) is 52.6 Å². The van der Waals surface area contributed by atoms with Gasteiger partial charge in [0.1, 0.15) is 11.5 Å². The number of Topliss-reactive ketones (excluding diaryl/α,β-unsaturated/α-hetero) is 1. The van der Waals surface area contributed by atoms with Crippen LogP contribution in [-0.2, 0) is 21.5 Å². The lowest BCUT2D eigenvalue weighted by molar-refractivity contribution is -0.140. The number of aromatic hydroxyl groups is 1. The second-order valence-electron chi connectivity index (χ2n) is 10.7. The molecule has 1 unspecified atom stereocenters. The number of aryl methyl sites for hydroxylation is 1. The molecule has 7 nitrogen and oxygen atoms in total. The van der Waals surface area contributed by atoms with Crippen molar-refractivity contribution in [1.29, 1.82) is 0 Å². The van der Waals surface area contributed by atoms with Crippen LogP contribution in [0.5, 0.6) is 17.2 Å². The van der Waals surface area contributed by atoms with Crippen LogP contribution in [0.15, 0.2) is 66.2 Å². The monoisotopic (exact) mass is 529 g/mol. The van der Waals surface area contributed by atoms with E-state index in [1.165, 1.54) is 11.0 Å². The number of methoxy groups -OCH3 is 1. The molecule has 204 valence electrons. The van der Waals surface area contributed by atoms with Gasteiger partial charge in [-0.1, -0.05) is 51.1 Å². The molecule has 39 heavy (non-hydrogen) atoms. The van der Waals surface area contributed by atoms with E-state index in [2.05, 4.69) is 20.8 Å². The fraction of sp³-hybridized carbons (Fsp3) is 0.312. The van der Waals surface area contributed by atoms with Crippen molar-refractivity contribution in [3.05, 3.63) is 94.1 Å². The first-order chi connectivity index (χ1) is 18.5. The van der Waals surface area contributed by atoms with E-state index in [4.69, 9.17) is 9.47 Å². The molecule has 0 radical (unpaired) electrons. The van der Waals surface area contributed by atoms with E-state index >= 15 is 0 Å². The van der Waals surface area contributed by atoms with Gasteiger partial charge in [0.05, 0.1) is 25.3 Å². The van der Waals surface area contributed by atoms with Gasteiger partial charge in [0, 0.05) is 12.1 Å². The number of amides is 1. The molecule has 7 heteroatoms. The number of ketones is 1. The minimum absolute atomic E-state index is 0.00908. The minimum atomic E-state index is -0.909. The van der Waals surface area contributed by atoms with E-state index in [0.717, 1.165) is 16.7 Å². The Morgan fingerprint density at radius 2 is 1.77 bits per heavy atom. The predicted molar refractivity (Wildman–Crippen MR) is 150 cm³/mol. The molecule has 1 atom stereocenters. The Balaban J connectivity index is 1.93. The van der Waals surface area contributed by atoms with Crippen LogP contribution in [0.3, 0.4) is 0 Å². The van der Waals surface area contributed by atoms with Crippen LogP contribution >= 0.6 is 0 Å². The van der Waals surface area contributed by atoms with Crippen molar-refractivity contribution in [2.75, 3.05) is 13.7 Å². The molecule has 1 amide bonds. The van der Waals surface area contributed by atoms with Crippen LogP contribution < -0.4 is 9.47 Å². The number of ether oxygens (including phenoxy) is 2. The van der Waals surface area contributed by atoms with Gasteiger partial charge in [-0.25, -0.2) is 0 Å². The largest absolute Gasteiger partial charge is 0.507 e. The van der Waals surface area contributed by atoms with Crippen LogP contribution in [-0.4, -0.2) is 40.5 Å². The zero-order valence-corrected chi connectivity index (χ0v) is 23.2. The first kappa shape index (κ1) is 27.8. The molecule has 1 fully saturated rings. The highest BCUT2D eigenvalue weighted by Crippen LogP contribution is 2.43. The molecular weight excluding hydrogens is 494 g/mol. The summed E-state index contributed by atoms with van der Waals surface area (Å²) in [7, 11) is 1.56. The summed E-state index contributed by atoms with van der Waals surface area (Å²) >= 11 is 0. The number of likely N-dealkylation sites (tertiary alicyclic amines) is 1. The van der Waals surface area contributed by atoms with Crippen molar-refractivity contribution < 1.29 is 29.3 Å². The van der Waals surface area contributed by atoms with E-state index < -0.39 is 17.7 Å². The summed E-state index contributed by atoms with van der Waals surface area (Å²) in [4.78, 5) is 28.5. The fourth-order valence-electron chi connectivity index (χ4n) is 4.82. The highest BCUT2D eigenvalue weighted by Gasteiger charge is 2.46. The third kappa shape index (κ3) is 5.48. The van der Waals surface area contributed by atoms with E-state index in [9.17, 15) is 19.8 Å². The Kier molecular flexibility index (Phi) is 7.72. The van der Waals surface area contributed by atoms with E-state index in [1.807, 2.05) is 37.3 Å². The summed E-state index contributed by atoms with van der Waals surface area (Å²) in [6, 6.07) is 16.9. The number of rotatable bonds is 7. The molecule has 3 aromatic carbocycles. The summed E-state index contributed by atoms with van der Waals surface area (Å²) in [6.07, 6.45) is 0. The molecule has 2 N–H and O–H groups in total. The molecule has 0 spiro atoms. The van der Waals surface area contributed by atoms with Crippen molar-refractivity contribution in [1.82, 2.24) is 4.90 Å².